The Morgan fingerprint density at radius 3 is 3.00 bits per heavy atom. The molecule has 4 aromatic rings. The third-order valence-electron chi connectivity index (χ3n) is 4.33. The second-order valence-electron chi connectivity index (χ2n) is 6.14. The summed E-state index contributed by atoms with van der Waals surface area (Å²) in [6, 6.07) is 4.04. The molecule has 1 unspecified atom stereocenters. The minimum atomic E-state index is -0.477. The molecule has 0 saturated carbocycles. The molecule has 0 aliphatic carbocycles. The van der Waals surface area contributed by atoms with E-state index in [1.54, 1.807) is 24.8 Å². The maximum atomic E-state index is 13.5. The van der Waals surface area contributed by atoms with Gasteiger partial charge in [0.15, 0.2) is 11.5 Å². The summed E-state index contributed by atoms with van der Waals surface area (Å²) in [4.78, 5) is 8.73. The van der Waals surface area contributed by atoms with Gasteiger partial charge in [-0.3, -0.25) is 4.40 Å². The first kappa shape index (κ1) is 16.4. The number of benzene rings is 1. The van der Waals surface area contributed by atoms with Crippen LogP contribution in [0.4, 0.5) is 4.39 Å². The number of hydrogen-bond donors (Lipinski definition) is 0. The van der Waals surface area contributed by atoms with Crippen molar-refractivity contribution in [2.24, 2.45) is 0 Å². The van der Waals surface area contributed by atoms with Gasteiger partial charge in [0, 0.05) is 26.0 Å². The monoisotopic (exact) mass is 357 g/mol. The molecular formula is C17H16FN5O3. The van der Waals surface area contributed by atoms with E-state index in [1.807, 2.05) is 6.92 Å². The predicted molar refractivity (Wildman–Crippen MR) is 89.9 cm³/mol. The van der Waals surface area contributed by atoms with Crippen LogP contribution in [0.25, 0.3) is 28.1 Å². The van der Waals surface area contributed by atoms with E-state index in [1.165, 1.54) is 18.2 Å². The summed E-state index contributed by atoms with van der Waals surface area (Å²) in [5.41, 5.74) is 2.06. The van der Waals surface area contributed by atoms with Crippen LogP contribution in [0.2, 0.25) is 0 Å². The number of halogens is 1. The molecule has 0 radical (unpaired) electrons. The van der Waals surface area contributed by atoms with E-state index >= 15 is 0 Å². The van der Waals surface area contributed by atoms with Gasteiger partial charge in [0.25, 0.3) is 5.89 Å². The summed E-state index contributed by atoms with van der Waals surface area (Å²) in [5.74, 6) is 0.198. The Kier molecular flexibility index (Phi) is 3.80. The molecule has 134 valence electrons. The number of aryl methyl sites for hydroxylation is 1. The average Bonchev–Trinajstić information content (AvgIpc) is 3.26. The Morgan fingerprint density at radius 1 is 1.42 bits per heavy atom. The molecule has 0 amide bonds. The highest BCUT2D eigenvalue weighted by molar-refractivity contribution is 5.82. The summed E-state index contributed by atoms with van der Waals surface area (Å²) in [5, 5.41) is 16.6. The predicted octanol–water partition coefficient (Wildman–Crippen LogP) is 2.37. The van der Waals surface area contributed by atoms with Gasteiger partial charge in [-0.1, -0.05) is 12.1 Å². The van der Waals surface area contributed by atoms with E-state index in [0.717, 1.165) is 0 Å². The number of aromatic nitrogens is 5. The molecule has 0 aliphatic rings. The fourth-order valence-electron chi connectivity index (χ4n) is 3.03. The highest BCUT2D eigenvalue weighted by Crippen LogP contribution is 2.27. The van der Waals surface area contributed by atoms with Crippen LogP contribution in [0.1, 0.15) is 24.4 Å². The van der Waals surface area contributed by atoms with Crippen molar-refractivity contribution in [3.8, 4) is 11.6 Å². The van der Waals surface area contributed by atoms with Gasteiger partial charge < -0.3 is 14.5 Å². The molecule has 9 heteroatoms. The molecule has 8 nitrogen and oxygen atoms in total. The molecule has 0 bridgehead atoms. The normalized spacial score (nSPS) is 12.9. The van der Waals surface area contributed by atoms with Gasteiger partial charge >= 0.3 is 0 Å². The summed E-state index contributed by atoms with van der Waals surface area (Å²) < 4.78 is 26.4. The van der Waals surface area contributed by atoms with E-state index in [0.29, 0.717) is 39.6 Å². The van der Waals surface area contributed by atoms with Crippen LogP contribution < -0.4 is 4.73 Å². The molecular weight excluding hydrogens is 341 g/mol. The zero-order valence-corrected chi connectivity index (χ0v) is 14.4. The average molecular weight is 357 g/mol. The van der Waals surface area contributed by atoms with Crippen molar-refractivity contribution in [1.82, 2.24) is 19.5 Å². The fourth-order valence-corrected chi connectivity index (χ4v) is 3.03. The summed E-state index contributed by atoms with van der Waals surface area (Å²) in [6.45, 7) is 4.02. The zero-order chi connectivity index (χ0) is 18.4. The van der Waals surface area contributed by atoms with Crippen molar-refractivity contribution in [1.29, 1.82) is 0 Å². The topological polar surface area (TPSA) is 92.4 Å². The lowest BCUT2D eigenvalue weighted by Gasteiger charge is -2.08. The number of fused-ring (bicyclic) bond motifs is 3. The molecule has 3 heterocycles. The summed E-state index contributed by atoms with van der Waals surface area (Å²) in [6.07, 6.45) is 1.56. The minimum absolute atomic E-state index is 0.0410. The van der Waals surface area contributed by atoms with E-state index in [9.17, 15) is 9.60 Å². The number of ether oxygens (including phenoxy) is 1. The highest BCUT2D eigenvalue weighted by Gasteiger charge is 2.24. The van der Waals surface area contributed by atoms with Crippen LogP contribution >= 0.6 is 0 Å². The molecule has 0 saturated heterocycles. The Balaban J connectivity index is 1.93. The van der Waals surface area contributed by atoms with Gasteiger partial charge in [-0.25, -0.2) is 9.37 Å². The van der Waals surface area contributed by atoms with Crippen molar-refractivity contribution in [2.45, 2.75) is 19.8 Å². The van der Waals surface area contributed by atoms with Gasteiger partial charge in [0.1, 0.15) is 23.2 Å². The van der Waals surface area contributed by atoms with E-state index in [2.05, 4.69) is 15.1 Å². The second kappa shape index (κ2) is 6.03. The zero-order valence-electron chi connectivity index (χ0n) is 14.4. The molecule has 0 aliphatic heterocycles. The number of imidazole rings is 1. The molecule has 0 fully saturated rings. The van der Waals surface area contributed by atoms with E-state index in [-0.39, 0.29) is 17.3 Å². The van der Waals surface area contributed by atoms with Gasteiger partial charge in [0.05, 0.1) is 6.61 Å². The lowest BCUT2D eigenvalue weighted by atomic mass is 10.2. The SMILES string of the molecule is COCC(C)c1noc(-c2ncn3c2c(C)[n+]([O-])c2cc(F)ccc23)n1. The number of nitrogens with zero attached hydrogens (tertiary/aromatic N) is 5. The van der Waals surface area contributed by atoms with Crippen LogP contribution in [-0.4, -0.2) is 33.2 Å². The maximum Gasteiger partial charge on any atom is 0.279 e. The second-order valence-corrected chi connectivity index (χ2v) is 6.14. The van der Waals surface area contributed by atoms with Gasteiger partial charge in [-0.2, -0.15) is 9.71 Å². The smallest absolute Gasteiger partial charge is 0.279 e. The van der Waals surface area contributed by atoms with Crippen molar-refractivity contribution >= 4 is 16.6 Å². The molecule has 0 N–H and O–H groups in total. The molecule has 1 atom stereocenters. The van der Waals surface area contributed by atoms with Crippen LogP contribution in [0.3, 0.4) is 0 Å². The van der Waals surface area contributed by atoms with Crippen molar-refractivity contribution in [3.63, 3.8) is 0 Å². The van der Waals surface area contributed by atoms with Gasteiger partial charge in [0.2, 0.25) is 11.2 Å². The van der Waals surface area contributed by atoms with Crippen LogP contribution in [0.15, 0.2) is 29.0 Å². The molecule has 3 aromatic heterocycles. The Hall–Kier alpha value is -3.07. The fraction of sp³-hybridized carbons (Fsp3) is 0.294. The van der Waals surface area contributed by atoms with E-state index in [4.69, 9.17) is 9.26 Å². The largest absolute Gasteiger partial charge is 0.618 e. The standard InChI is InChI=1S/C17H16FN5O3/c1-9(7-25-3)16-20-17(26-21-16)14-15-10(2)23(24)13-6-11(18)4-5-12(13)22(15)8-19-14/h4-6,8-9H,7H2,1-3H3. The molecule has 1 aromatic carbocycles. The summed E-state index contributed by atoms with van der Waals surface area (Å²) >= 11 is 0. The van der Waals surface area contributed by atoms with Crippen molar-refractivity contribution in [3.05, 3.63) is 47.1 Å². The van der Waals surface area contributed by atoms with Crippen LogP contribution in [-0.2, 0) is 4.74 Å². The first-order chi connectivity index (χ1) is 12.5. The number of hydrogen-bond acceptors (Lipinski definition) is 6. The molecule has 26 heavy (non-hydrogen) atoms. The lowest BCUT2D eigenvalue weighted by molar-refractivity contribution is -0.583. The Labute approximate surface area is 147 Å². The number of rotatable bonds is 4. The van der Waals surface area contributed by atoms with Crippen LogP contribution in [0, 0.1) is 17.9 Å². The van der Waals surface area contributed by atoms with E-state index < -0.39 is 5.82 Å². The van der Waals surface area contributed by atoms with Gasteiger partial charge in [-0.15, -0.1) is 0 Å². The van der Waals surface area contributed by atoms with Crippen LogP contribution in [0.5, 0.6) is 0 Å². The van der Waals surface area contributed by atoms with Gasteiger partial charge in [-0.05, 0) is 12.1 Å². The first-order valence-electron chi connectivity index (χ1n) is 8.02. The summed E-state index contributed by atoms with van der Waals surface area (Å²) in [7, 11) is 1.60. The Bertz CT molecular complexity index is 1120. The highest BCUT2D eigenvalue weighted by atomic mass is 19.1. The molecule has 0 spiro atoms. The third kappa shape index (κ3) is 2.39. The maximum absolute atomic E-state index is 13.5. The minimum Gasteiger partial charge on any atom is -0.618 e. The lowest BCUT2D eigenvalue weighted by Crippen LogP contribution is -2.32. The Morgan fingerprint density at radius 2 is 2.23 bits per heavy atom. The number of methoxy groups -OCH3 is 1. The first-order valence-corrected chi connectivity index (χ1v) is 8.02. The van der Waals surface area contributed by atoms with Crippen molar-refractivity contribution in [2.75, 3.05) is 13.7 Å². The molecule has 4 rings (SSSR count). The third-order valence-corrected chi connectivity index (χ3v) is 4.33. The quantitative estimate of drug-likeness (QED) is 0.411. The van der Waals surface area contributed by atoms with Crippen molar-refractivity contribution < 1.29 is 18.4 Å².